The molecule has 0 unspecified atom stereocenters. The second-order valence-corrected chi connectivity index (χ2v) is 7.95. The van der Waals surface area contributed by atoms with Crippen molar-refractivity contribution in [3.63, 3.8) is 0 Å². The molecule has 0 aliphatic heterocycles. The van der Waals surface area contributed by atoms with E-state index < -0.39 is 0 Å². The molecule has 5 heteroatoms. The van der Waals surface area contributed by atoms with E-state index in [4.69, 9.17) is 4.98 Å². The fourth-order valence-electron chi connectivity index (χ4n) is 3.94. The zero-order valence-corrected chi connectivity index (χ0v) is 18.8. The van der Waals surface area contributed by atoms with Gasteiger partial charge in [-0.15, -0.1) is 0 Å². The number of rotatable bonds is 9. The Kier molecular flexibility index (Phi) is 7.27. The first kappa shape index (κ1) is 22.0. The van der Waals surface area contributed by atoms with E-state index in [2.05, 4.69) is 72.8 Å². The fourth-order valence-corrected chi connectivity index (χ4v) is 3.94. The zero-order chi connectivity index (χ0) is 21.7. The third kappa shape index (κ3) is 5.28. The van der Waals surface area contributed by atoms with E-state index in [1.807, 2.05) is 7.05 Å². The first-order valence-electron chi connectivity index (χ1n) is 10.7. The van der Waals surface area contributed by atoms with Crippen molar-refractivity contribution in [3.8, 4) is 5.82 Å². The second-order valence-electron chi connectivity index (χ2n) is 7.95. The summed E-state index contributed by atoms with van der Waals surface area (Å²) in [4.78, 5) is 7.10. The summed E-state index contributed by atoms with van der Waals surface area (Å²) < 4.78 is 16.5. The molecule has 0 radical (unpaired) electrons. The number of aryl methyl sites for hydroxylation is 5. The largest absolute Gasteiger partial charge is 0.370 e. The van der Waals surface area contributed by atoms with Crippen LogP contribution in [0.4, 0.5) is 10.1 Å². The van der Waals surface area contributed by atoms with Gasteiger partial charge in [-0.05, 0) is 101 Å². The van der Waals surface area contributed by atoms with Crippen molar-refractivity contribution in [3.05, 3.63) is 76.5 Å². The molecule has 0 fully saturated rings. The number of likely N-dealkylation sites (N-methyl/N-ethyl adjacent to an activating group) is 2. The van der Waals surface area contributed by atoms with Crippen molar-refractivity contribution in [1.29, 1.82) is 0 Å². The Morgan fingerprint density at radius 2 is 1.73 bits per heavy atom. The van der Waals surface area contributed by atoms with Crippen molar-refractivity contribution in [1.82, 2.24) is 14.9 Å². The van der Waals surface area contributed by atoms with Gasteiger partial charge in [0.25, 0.3) is 0 Å². The summed E-state index contributed by atoms with van der Waals surface area (Å²) in [5.41, 5.74) is 6.52. The maximum Gasteiger partial charge on any atom is 0.137 e. The third-order valence-electron chi connectivity index (χ3n) is 5.50. The van der Waals surface area contributed by atoms with Crippen LogP contribution in [0.15, 0.2) is 42.5 Å². The highest BCUT2D eigenvalue weighted by Gasteiger charge is 2.10. The van der Waals surface area contributed by atoms with Crippen LogP contribution in [0.2, 0.25) is 0 Å². The number of halogens is 1. The van der Waals surface area contributed by atoms with Crippen LogP contribution in [0.1, 0.15) is 35.1 Å². The van der Waals surface area contributed by atoms with Gasteiger partial charge in [0.2, 0.25) is 0 Å². The van der Waals surface area contributed by atoms with Crippen LogP contribution >= 0.6 is 0 Å². The molecular formula is C25H33FN4. The number of aromatic nitrogens is 2. The Bertz CT molecular complexity index is 973. The van der Waals surface area contributed by atoms with Gasteiger partial charge in [-0.25, -0.2) is 9.37 Å². The van der Waals surface area contributed by atoms with Crippen LogP contribution in [0, 0.1) is 26.6 Å². The first-order chi connectivity index (χ1) is 14.4. The normalized spacial score (nSPS) is 11.1. The minimum Gasteiger partial charge on any atom is -0.370 e. The molecule has 3 rings (SSSR count). The number of anilines is 1. The van der Waals surface area contributed by atoms with Gasteiger partial charge in [-0.3, -0.25) is 0 Å². The van der Waals surface area contributed by atoms with E-state index in [9.17, 15) is 4.39 Å². The molecule has 160 valence electrons. The van der Waals surface area contributed by atoms with E-state index in [1.54, 1.807) is 12.1 Å². The van der Waals surface area contributed by atoms with Crippen molar-refractivity contribution < 1.29 is 4.39 Å². The monoisotopic (exact) mass is 408 g/mol. The van der Waals surface area contributed by atoms with Gasteiger partial charge in [0.05, 0.1) is 0 Å². The SMILES string of the molecule is CCN(CCNC)c1cc(F)cc(CCc2cc(C)cc(-n3c(C)ccc3C)n2)c1. The molecule has 0 amide bonds. The fraction of sp³-hybridized carbons (Fsp3) is 0.400. The molecule has 3 aromatic rings. The first-order valence-corrected chi connectivity index (χ1v) is 10.7. The molecule has 0 aliphatic rings. The molecule has 0 spiro atoms. The molecule has 2 aromatic heterocycles. The highest BCUT2D eigenvalue weighted by molar-refractivity contribution is 5.49. The predicted molar refractivity (Wildman–Crippen MR) is 123 cm³/mol. The van der Waals surface area contributed by atoms with Crippen LogP contribution in [0.5, 0.6) is 0 Å². The number of benzene rings is 1. The number of nitrogens with zero attached hydrogens (tertiary/aromatic N) is 3. The summed E-state index contributed by atoms with van der Waals surface area (Å²) in [6, 6.07) is 13.9. The van der Waals surface area contributed by atoms with Crippen LogP contribution in [-0.2, 0) is 12.8 Å². The minimum absolute atomic E-state index is 0.179. The lowest BCUT2D eigenvalue weighted by atomic mass is 10.1. The Morgan fingerprint density at radius 1 is 1.00 bits per heavy atom. The van der Waals surface area contributed by atoms with Gasteiger partial charge in [-0.2, -0.15) is 0 Å². The molecule has 0 bridgehead atoms. The molecule has 2 heterocycles. The van der Waals surface area contributed by atoms with Gasteiger partial charge >= 0.3 is 0 Å². The highest BCUT2D eigenvalue weighted by Crippen LogP contribution is 2.21. The smallest absolute Gasteiger partial charge is 0.137 e. The molecular weight excluding hydrogens is 375 g/mol. The second kappa shape index (κ2) is 9.90. The lowest BCUT2D eigenvalue weighted by molar-refractivity contribution is 0.623. The van der Waals surface area contributed by atoms with E-state index in [0.717, 1.165) is 55.2 Å². The summed E-state index contributed by atoms with van der Waals surface area (Å²) in [7, 11) is 1.94. The standard InChI is InChI=1S/C25H33FN4/c1-6-29(12-11-27-5)24-16-21(15-22(26)17-24)9-10-23-13-18(2)14-25(28-23)30-19(3)7-8-20(30)4/h7-8,13-17,27H,6,9-12H2,1-5H3. The zero-order valence-electron chi connectivity index (χ0n) is 18.8. The van der Waals surface area contributed by atoms with E-state index in [0.29, 0.717) is 0 Å². The molecule has 4 nitrogen and oxygen atoms in total. The summed E-state index contributed by atoms with van der Waals surface area (Å²) in [5.74, 6) is 0.774. The lowest BCUT2D eigenvalue weighted by Crippen LogP contribution is -2.30. The molecule has 1 N–H and O–H groups in total. The number of nitrogens with one attached hydrogen (secondary N) is 1. The summed E-state index contributed by atoms with van der Waals surface area (Å²) in [6.07, 6.45) is 1.54. The Balaban J connectivity index is 1.80. The molecule has 0 atom stereocenters. The topological polar surface area (TPSA) is 33.1 Å². The number of pyridine rings is 1. The molecule has 0 saturated carbocycles. The van der Waals surface area contributed by atoms with E-state index in [-0.39, 0.29) is 5.82 Å². The van der Waals surface area contributed by atoms with Gasteiger partial charge < -0.3 is 14.8 Å². The summed E-state index contributed by atoms with van der Waals surface area (Å²) in [6.45, 7) is 11.0. The lowest BCUT2D eigenvalue weighted by Gasteiger charge is -2.23. The molecule has 30 heavy (non-hydrogen) atoms. The Labute approximate surface area is 179 Å². The van der Waals surface area contributed by atoms with Gasteiger partial charge in [0.1, 0.15) is 11.6 Å². The average molecular weight is 409 g/mol. The minimum atomic E-state index is -0.179. The van der Waals surface area contributed by atoms with Gasteiger partial charge in [0.15, 0.2) is 0 Å². The van der Waals surface area contributed by atoms with Gasteiger partial charge in [0, 0.05) is 42.4 Å². The van der Waals surface area contributed by atoms with Crippen molar-refractivity contribution in [2.75, 3.05) is 31.6 Å². The Morgan fingerprint density at radius 3 is 2.40 bits per heavy atom. The number of hydrogen-bond acceptors (Lipinski definition) is 3. The quantitative estimate of drug-likeness (QED) is 0.554. The molecule has 0 saturated heterocycles. The molecule has 1 aromatic carbocycles. The van der Waals surface area contributed by atoms with Crippen LogP contribution < -0.4 is 10.2 Å². The molecule has 0 aliphatic carbocycles. The van der Waals surface area contributed by atoms with Crippen LogP contribution in [0.25, 0.3) is 5.82 Å². The Hall–Kier alpha value is -2.66. The summed E-state index contributed by atoms with van der Waals surface area (Å²) in [5, 5.41) is 3.16. The van der Waals surface area contributed by atoms with Crippen LogP contribution in [-0.4, -0.2) is 36.2 Å². The maximum atomic E-state index is 14.3. The van der Waals surface area contributed by atoms with Crippen molar-refractivity contribution >= 4 is 5.69 Å². The van der Waals surface area contributed by atoms with Crippen LogP contribution in [0.3, 0.4) is 0 Å². The maximum absolute atomic E-state index is 14.3. The van der Waals surface area contributed by atoms with E-state index in [1.165, 1.54) is 17.0 Å². The highest BCUT2D eigenvalue weighted by atomic mass is 19.1. The number of hydrogen-bond donors (Lipinski definition) is 1. The van der Waals surface area contributed by atoms with E-state index >= 15 is 0 Å². The van der Waals surface area contributed by atoms with Crippen molar-refractivity contribution in [2.24, 2.45) is 0 Å². The van der Waals surface area contributed by atoms with Gasteiger partial charge in [-0.1, -0.05) is 0 Å². The predicted octanol–water partition coefficient (Wildman–Crippen LogP) is 4.77. The average Bonchev–Trinajstić information content (AvgIpc) is 3.04. The summed E-state index contributed by atoms with van der Waals surface area (Å²) >= 11 is 0. The third-order valence-corrected chi connectivity index (χ3v) is 5.50. The van der Waals surface area contributed by atoms with Crippen molar-refractivity contribution in [2.45, 2.75) is 40.5 Å².